The lowest BCUT2D eigenvalue weighted by molar-refractivity contribution is 0.00578. The van der Waals surface area contributed by atoms with Gasteiger partial charge in [0.1, 0.15) is 0 Å². The smallest absolute Gasteiger partial charge is 0.487 e. The summed E-state index contributed by atoms with van der Waals surface area (Å²) in [7, 11) is 1.38. The average molecular weight is 240 g/mol. The molecule has 5 heteroatoms. The van der Waals surface area contributed by atoms with Crippen molar-refractivity contribution < 1.29 is 14.0 Å². The Balaban J connectivity index is 2.20. The van der Waals surface area contributed by atoms with Crippen LogP contribution in [0.15, 0.2) is 11.4 Å². The number of hydrogen-bond donors (Lipinski definition) is 0. The number of rotatable bonds is 2. The highest BCUT2D eigenvalue weighted by molar-refractivity contribution is 7.13. The third kappa shape index (κ3) is 1.87. The van der Waals surface area contributed by atoms with Crippen molar-refractivity contribution in [3.05, 3.63) is 11.4 Å². The molecular weight excluding hydrogens is 223 g/mol. The van der Waals surface area contributed by atoms with Crippen molar-refractivity contribution in [1.82, 2.24) is 0 Å². The molecule has 0 aliphatic carbocycles. The molecule has 1 aliphatic heterocycles. The van der Waals surface area contributed by atoms with E-state index in [-0.39, 0.29) is 18.3 Å². The number of methoxy groups -OCH3 is 1. The molecule has 1 aromatic rings. The fourth-order valence-corrected chi connectivity index (χ4v) is 2.27. The summed E-state index contributed by atoms with van der Waals surface area (Å²) in [4.78, 5) is 0. The first-order chi connectivity index (χ1) is 7.36. The highest BCUT2D eigenvalue weighted by Gasteiger charge is 2.51. The van der Waals surface area contributed by atoms with Gasteiger partial charge in [-0.2, -0.15) is 0 Å². The zero-order chi connectivity index (χ0) is 12.0. The molecule has 3 nitrogen and oxygen atoms in total. The van der Waals surface area contributed by atoms with Gasteiger partial charge in [0, 0.05) is 0 Å². The van der Waals surface area contributed by atoms with Crippen LogP contribution in [0, 0.1) is 0 Å². The molecule has 1 aliphatic rings. The van der Waals surface area contributed by atoms with Crippen molar-refractivity contribution in [2.24, 2.45) is 0 Å². The van der Waals surface area contributed by atoms with Gasteiger partial charge in [0.2, 0.25) is 0 Å². The largest absolute Gasteiger partial charge is 0.495 e. The molecule has 88 valence electrons. The van der Waals surface area contributed by atoms with E-state index >= 15 is 0 Å². The van der Waals surface area contributed by atoms with E-state index in [0.29, 0.717) is 0 Å². The SMILES string of the molecule is COc1cc(B2OC(C)(C)C(C)(C)O2)cs1. The Morgan fingerprint density at radius 3 is 2.19 bits per heavy atom. The summed E-state index contributed by atoms with van der Waals surface area (Å²) in [6.07, 6.45) is 0. The van der Waals surface area contributed by atoms with Crippen molar-refractivity contribution in [2.75, 3.05) is 7.11 Å². The van der Waals surface area contributed by atoms with E-state index in [1.165, 1.54) is 0 Å². The second-order valence-electron chi connectivity index (χ2n) is 4.99. The standard InChI is InChI=1S/C11H17BO3S/c1-10(2)11(3,4)15-12(14-10)8-6-9(13-5)16-7-8/h6-7H,1-5H3. The van der Waals surface area contributed by atoms with Gasteiger partial charge in [0.25, 0.3) is 0 Å². The normalized spacial score (nSPS) is 22.4. The molecule has 0 unspecified atom stereocenters. The Labute approximate surface area is 101 Å². The van der Waals surface area contributed by atoms with Crippen LogP contribution >= 0.6 is 11.3 Å². The third-order valence-electron chi connectivity index (χ3n) is 3.32. The molecular formula is C11H17BO3S. The van der Waals surface area contributed by atoms with Crippen LogP contribution < -0.4 is 10.2 Å². The highest BCUT2D eigenvalue weighted by Crippen LogP contribution is 2.37. The predicted octanol–water partition coefficient (Wildman–Crippen LogP) is 2.06. The Morgan fingerprint density at radius 2 is 1.75 bits per heavy atom. The van der Waals surface area contributed by atoms with Gasteiger partial charge in [-0.1, -0.05) is 0 Å². The second kappa shape index (κ2) is 3.76. The number of hydrogen-bond acceptors (Lipinski definition) is 4. The van der Waals surface area contributed by atoms with Crippen LogP contribution in [0.5, 0.6) is 5.06 Å². The van der Waals surface area contributed by atoms with Crippen LogP contribution in [0.3, 0.4) is 0 Å². The number of thiophene rings is 1. The first-order valence-corrected chi connectivity index (χ1v) is 6.22. The molecule has 0 aromatic carbocycles. The summed E-state index contributed by atoms with van der Waals surface area (Å²) in [5.41, 5.74) is 0.458. The molecule has 0 amide bonds. The first kappa shape index (κ1) is 12.0. The minimum atomic E-state index is -0.287. The minimum absolute atomic E-state index is 0.285. The molecule has 1 saturated heterocycles. The van der Waals surface area contributed by atoms with Gasteiger partial charge in [-0.3, -0.25) is 0 Å². The molecule has 2 rings (SSSR count). The van der Waals surface area contributed by atoms with E-state index < -0.39 is 0 Å². The minimum Gasteiger partial charge on any atom is -0.487 e. The quantitative estimate of drug-likeness (QED) is 0.740. The van der Waals surface area contributed by atoms with E-state index in [0.717, 1.165) is 10.5 Å². The lowest BCUT2D eigenvalue weighted by Gasteiger charge is -2.32. The summed E-state index contributed by atoms with van der Waals surface area (Å²) in [5.74, 6) is 0. The molecule has 2 heterocycles. The lowest BCUT2D eigenvalue weighted by atomic mass is 9.81. The van der Waals surface area contributed by atoms with Gasteiger partial charge in [-0.05, 0) is 44.6 Å². The van der Waals surface area contributed by atoms with Gasteiger partial charge < -0.3 is 14.0 Å². The summed E-state index contributed by atoms with van der Waals surface area (Å²) in [5, 5.41) is 2.89. The van der Waals surface area contributed by atoms with Crippen LogP contribution in [0.4, 0.5) is 0 Å². The Kier molecular flexibility index (Phi) is 2.81. The molecule has 0 spiro atoms. The van der Waals surface area contributed by atoms with Crippen LogP contribution in [-0.2, 0) is 9.31 Å². The zero-order valence-corrected chi connectivity index (χ0v) is 11.2. The molecule has 0 radical (unpaired) electrons. The molecule has 0 saturated carbocycles. The molecule has 0 bridgehead atoms. The average Bonchev–Trinajstić information content (AvgIpc) is 2.70. The van der Waals surface area contributed by atoms with Crippen LogP contribution in [-0.4, -0.2) is 25.4 Å². The van der Waals surface area contributed by atoms with E-state index in [1.807, 2.05) is 11.4 Å². The van der Waals surface area contributed by atoms with Crippen molar-refractivity contribution in [3.63, 3.8) is 0 Å². The fraction of sp³-hybridized carbons (Fsp3) is 0.636. The summed E-state index contributed by atoms with van der Waals surface area (Å²) < 4.78 is 17.0. The first-order valence-electron chi connectivity index (χ1n) is 5.34. The maximum atomic E-state index is 5.94. The summed E-state index contributed by atoms with van der Waals surface area (Å²) in [6, 6.07) is 1.97. The lowest BCUT2D eigenvalue weighted by Crippen LogP contribution is -2.41. The van der Waals surface area contributed by atoms with Gasteiger partial charge in [-0.25, -0.2) is 0 Å². The van der Waals surface area contributed by atoms with E-state index in [9.17, 15) is 0 Å². The predicted molar refractivity (Wildman–Crippen MR) is 66.6 cm³/mol. The molecule has 1 fully saturated rings. The highest BCUT2D eigenvalue weighted by atomic mass is 32.1. The maximum absolute atomic E-state index is 5.94. The van der Waals surface area contributed by atoms with Crippen LogP contribution in [0.25, 0.3) is 0 Å². The van der Waals surface area contributed by atoms with Crippen LogP contribution in [0.1, 0.15) is 27.7 Å². The maximum Gasteiger partial charge on any atom is 0.495 e. The summed E-state index contributed by atoms with van der Waals surface area (Å²) in [6.45, 7) is 8.21. The van der Waals surface area contributed by atoms with Crippen molar-refractivity contribution in [2.45, 2.75) is 38.9 Å². The fourth-order valence-electron chi connectivity index (χ4n) is 1.54. The topological polar surface area (TPSA) is 27.7 Å². The van der Waals surface area contributed by atoms with Gasteiger partial charge in [0.15, 0.2) is 5.06 Å². The Morgan fingerprint density at radius 1 is 1.19 bits per heavy atom. The molecule has 0 atom stereocenters. The summed E-state index contributed by atoms with van der Waals surface area (Å²) >= 11 is 1.55. The van der Waals surface area contributed by atoms with Crippen LogP contribution in [0.2, 0.25) is 0 Å². The molecule has 16 heavy (non-hydrogen) atoms. The van der Waals surface area contributed by atoms with Crippen molar-refractivity contribution in [3.8, 4) is 5.06 Å². The van der Waals surface area contributed by atoms with Gasteiger partial charge >= 0.3 is 7.12 Å². The van der Waals surface area contributed by atoms with E-state index in [4.69, 9.17) is 14.0 Å². The second-order valence-corrected chi connectivity index (χ2v) is 5.87. The third-order valence-corrected chi connectivity index (χ3v) is 4.23. The van der Waals surface area contributed by atoms with Gasteiger partial charge in [-0.15, -0.1) is 11.3 Å². The Bertz CT molecular complexity index is 370. The molecule has 1 aromatic heterocycles. The number of ether oxygens (including phenoxy) is 1. The zero-order valence-electron chi connectivity index (χ0n) is 10.4. The van der Waals surface area contributed by atoms with Gasteiger partial charge in [0.05, 0.1) is 18.3 Å². The van der Waals surface area contributed by atoms with Crippen molar-refractivity contribution >= 4 is 23.9 Å². The van der Waals surface area contributed by atoms with Crippen molar-refractivity contribution in [1.29, 1.82) is 0 Å². The Hall–Kier alpha value is -0.515. The molecule has 0 N–H and O–H groups in total. The van der Waals surface area contributed by atoms with E-state index in [1.54, 1.807) is 18.4 Å². The monoisotopic (exact) mass is 240 g/mol. The van der Waals surface area contributed by atoms with E-state index in [2.05, 4.69) is 27.7 Å².